The van der Waals surface area contributed by atoms with E-state index in [2.05, 4.69) is 6.92 Å². The molecule has 2 N–H and O–H groups in total. The van der Waals surface area contributed by atoms with Crippen LogP contribution in [0, 0.1) is 5.92 Å². The Labute approximate surface area is 135 Å². The molecule has 0 aromatic rings. The van der Waals surface area contributed by atoms with Crippen LogP contribution in [0.2, 0.25) is 0 Å². The van der Waals surface area contributed by atoms with Crippen molar-refractivity contribution in [1.82, 2.24) is 0 Å². The minimum Gasteiger partial charge on any atom is -0.481 e. The van der Waals surface area contributed by atoms with Crippen LogP contribution in [-0.2, 0) is 9.59 Å². The molecule has 0 radical (unpaired) electrons. The van der Waals surface area contributed by atoms with E-state index in [1.807, 2.05) is 0 Å². The molecule has 0 aliphatic heterocycles. The number of hydrogen-bond donors (Lipinski definition) is 2. The second-order valence-electron chi connectivity index (χ2n) is 6.35. The lowest BCUT2D eigenvalue weighted by molar-refractivity contribution is -0.138. The van der Waals surface area contributed by atoms with Crippen molar-refractivity contribution < 1.29 is 19.8 Å². The molecule has 0 bridgehead atoms. The van der Waals surface area contributed by atoms with Crippen LogP contribution < -0.4 is 0 Å². The van der Waals surface area contributed by atoms with Gasteiger partial charge < -0.3 is 10.2 Å². The van der Waals surface area contributed by atoms with Gasteiger partial charge in [-0.3, -0.25) is 9.59 Å². The normalized spacial score (nSPS) is 12.2. The van der Waals surface area contributed by atoms with Gasteiger partial charge in [0.2, 0.25) is 0 Å². The third-order valence-electron chi connectivity index (χ3n) is 4.24. The highest BCUT2D eigenvalue weighted by atomic mass is 16.4. The summed E-state index contributed by atoms with van der Waals surface area (Å²) in [5.41, 5.74) is 0. The van der Waals surface area contributed by atoms with Crippen molar-refractivity contribution in [2.45, 2.75) is 96.8 Å². The van der Waals surface area contributed by atoms with Crippen molar-refractivity contribution in [1.29, 1.82) is 0 Å². The fourth-order valence-electron chi connectivity index (χ4n) is 2.86. The minimum absolute atomic E-state index is 0.276. The SMILES string of the molecule is CCCCCCC(CCCCCCCC(=O)O)CCC(=O)O. The van der Waals surface area contributed by atoms with Crippen molar-refractivity contribution in [2.24, 2.45) is 5.92 Å². The molecule has 0 saturated heterocycles. The van der Waals surface area contributed by atoms with E-state index in [9.17, 15) is 9.59 Å². The Balaban J connectivity index is 3.71. The van der Waals surface area contributed by atoms with Crippen molar-refractivity contribution >= 4 is 11.9 Å². The largest absolute Gasteiger partial charge is 0.481 e. The molecule has 0 rings (SSSR count). The first-order chi connectivity index (χ1) is 10.6. The van der Waals surface area contributed by atoms with Crippen LogP contribution in [0.15, 0.2) is 0 Å². The number of rotatable bonds is 16. The van der Waals surface area contributed by atoms with Crippen molar-refractivity contribution in [3.8, 4) is 0 Å². The second-order valence-corrected chi connectivity index (χ2v) is 6.35. The number of carboxylic acid groups (broad SMARTS) is 2. The van der Waals surface area contributed by atoms with Gasteiger partial charge in [-0.05, 0) is 18.8 Å². The molecule has 4 nitrogen and oxygen atoms in total. The summed E-state index contributed by atoms with van der Waals surface area (Å²) in [6.45, 7) is 2.20. The predicted molar refractivity (Wildman–Crippen MR) is 89.1 cm³/mol. The number of aliphatic carboxylic acids is 2. The summed E-state index contributed by atoms with van der Waals surface area (Å²) >= 11 is 0. The molecule has 0 spiro atoms. The van der Waals surface area contributed by atoms with E-state index < -0.39 is 11.9 Å². The van der Waals surface area contributed by atoms with Gasteiger partial charge in [0.25, 0.3) is 0 Å². The van der Waals surface area contributed by atoms with Gasteiger partial charge in [0.15, 0.2) is 0 Å². The van der Waals surface area contributed by atoms with Gasteiger partial charge in [0, 0.05) is 12.8 Å². The molecule has 1 unspecified atom stereocenters. The van der Waals surface area contributed by atoms with Crippen LogP contribution in [0.4, 0.5) is 0 Å². The summed E-state index contributed by atoms with van der Waals surface area (Å²) < 4.78 is 0. The van der Waals surface area contributed by atoms with Gasteiger partial charge in [0.1, 0.15) is 0 Å². The van der Waals surface area contributed by atoms with Crippen molar-refractivity contribution in [3.63, 3.8) is 0 Å². The van der Waals surface area contributed by atoms with Gasteiger partial charge >= 0.3 is 11.9 Å². The number of unbranched alkanes of at least 4 members (excludes halogenated alkanes) is 7. The van der Waals surface area contributed by atoms with Crippen molar-refractivity contribution in [2.75, 3.05) is 0 Å². The average Bonchev–Trinajstić information content (AvgIpc) is 2.46. The summed E-state index contributed by atoms with van der Waals surface area (Å²) in [5.74, 6) is -0.847. The minimum atomic E-state index is -0.708. The standard InChI is InChI=1S/C18H34O4/c1-2-3-4-8-11-16(14-15-18(21)22)12-9-6-5-7-10-13-17(19)20/h16H,2-15H2,1H3,(H,19,20)(H,21,22). The van der Waals surface area contributed by atoms with Crippen LogP contribution in [0.25, 0.3) is 0 Å². The van der Waals surface area contributed by atoms with E-state index in [0.717, 1.165) is 51.4 Å². The van der Waals surface area contributed by atoms with E-state index >= 15 is 0 Å². The lowest BCUT2D eigenvalue weighted by Gasteiger charge is -2.16. The highest BCUT2D eigenvalue weighted by Gasteiger charge is 2.10. The summed E-state index contributed by atoms with van der Waals surface area (Å²) in [4.78, 5) is 21.1. The number of carbonyl (C=O) groups is 2. The molecule has 0 aliphatic rings. The maximum Gasteiger partial charge on any atom is 0.303 e. The molecule has 22 heavy (non-hydrogen) atoms. The molecule has 1 atom stereocenters. The molecule has 0 amide bonds. The molecule has 130 valence electrons. The molecule has 0 saturated carbocycles. The van der Waals surface area contributed by atoms with Crippen LogP contribution in [0.5, 0.6) is 0 Å². The van der Waals surface area contributed by atoms with Crippen LogP contribution in [-0.4, -0.2) is 22.2 Å². The lowest BCUT2D eigenvalue weighted by Crippen LogP contribution is -2.05. The fraction of sp³-hybridized carbons (Fsp3) is 0.889. The molecule has 0 aromatic carbocycles. The Morgan fingerprint density at radius 3 is 1.73 bits per heavy atom. The monoisotopic (exact) mass is 314 g/mol. The zero-order valence-electron chi connectivity index (χ0n) is 14.2. The van der Waals surface area contributed by atoms with E-state index in [1.165, 1.54) is 25.7 Å². The zero-order chi connectivity index (χ0) is 16.6. The third-order valence-corrected chi connectivity index (χ3v) is 4.24. The first-order valence-electron chi connectivity index (χ1n) is 8.99. The smallest absolute Gasteiger partial charge is 0.303 e. The molecular formula is C18H34O4. The van der Waals surface area contributed by atoms with E-state index in [-0.39, 0.29) is 12.8 Å². The van der Waals surface area contributed by atoms with E-state index in [0.29, 0.717) is 5.92 Å². The molecule has 0 fully saturated rings. The number of hydrogen-bond acceptors (Lipinski definition) is 2. The predicted octanol–water partition coefficient (Wildman–Crippen LogP) is 5.25. The molecular weight excluding hydrogens is 280 g/mol. The van der Waals surface area contributed by atoms with Gasteiger partial charge in [-0.2, -0.15) is 0 Å². The van der Waals surface area contributed by atoms with Crippen LogP contribution >= 0.6 is 0 Å². The fourth-order valence-corrected chi connectivity index (χ4v) is 2.86. The first-order valence-corrected chi connectivity index (χ1v) is 8.99. The summed E-state index contributed by atoms with van der Waals surface area (Å²) in [6.07, 6.45) is 13.8. The Hall–Kier alpha value is -1.06. The number of carboxylic acids is 2. The van der Waals surface area contributed by atoms with Gasteiger partial charge in [0.05, 0.1) is 0 Å². The van der Waals surface area contributed by atoms with Gasteiger partial charge in [-0.25, -0.2) is 0 Å². The Kier molecular flexibility index (Phi) is 14.1. The highest BCUT2D eigenvalue weighted by Crippen LogP contribution is 2.23. The quantitative estimate of drug-likeness (QED) is 0.381. The van der Waals surface area contributed by atoms with Gasteiger partial charge in [-0.1, -0.05) is 71.1 Å². The van der Waals surface area contributed by atoms with Crippen molar-refractivity contribution in [3.05, 3.63) is 0 Å². The highest BCUT2D eigenvalue weighted by molar-refractivity contribution is 5.66. The maximum absolute atomic E-state index is 10.7. The Bertz CT molecular complexity index is 289. The Morgan fingerprint density at radius 2 is 1.18 bits per heavy atom. The summed E-state index contributed by atoms with van der Waals surface area (Å²) in [6, 6.07) is 0. The van der Waals surface area contributed by atoms with Crippen LogP contribution in [0.1, 0.15) is 96.8 Å². The summed E-state index contributed by atoms with van der Waals surface area (Å²) in [7, 11) is 0. The average molecular weight is 314 g/mol. The summed E-state index contributed by atoms with van der Waals surface area (Å²) in [5, 5.41) is 17.4. The van der Waals surface area contributed by atoms with E-state index in [4.69, 9.17) is 10.2 Å². The third kappa shape index (κ3) is 15.3. The van der Waals surface area contributed by atoms with Crippen LogP contribution in [0.3, 0.4) is 0 Å². The van der Waals surface area contributed by atoms with E-state index in [1.54, 1.807) is 0 Å². The lowest BCUT2D eigenvalue weighted by atomic mass is 9.90. The topological polar surface area (TPSA) is 74.6 Å². The molecule has 0 heterocycles. The molecule has 0 aromatic heterocycles. The zero-order valence-corrected chi connectivity index (χ0v) is 14.2. The maximum atomic E-state index is 10.7. The molecule has 0 aliphatic carbocycles. The first kappa shape index (κ1) is 20.9. The molecule has 4 heteroatoms. The Morgan fingerprint density at radius 1 is 0.682 bits per heavy atom. The second kappa shape index (κ2) is 14.9. The van der Waals surface area contributed by atoms with Gasteiger partial charge in [-0.15, -0.1) is 0 Å².